The fourth-order valence-corrected chi connectivity index (χ4v) is 3.91. The van der Waals surface area contributed by atoms with Gasteiger partial charge in [-0.3, -0.25) is 4.31 Å². The van der Waals surface area contributed by atoms with Gasteiger partial charge in [-0.15, -0.1) is 0 Å². The highest BCUT2D eigenvalue weighted by molar-refractivity contribution is 7.92. The van der Waals surface area contributed by atoms with Crippen LogP contribution in [0.25, 0.3) is 0 Å². The van der Waals surface area contributed by atoms with Crippen molar-refractivity contribution in [3.05, 3.63) is 36.3 Å². The number of para-hydroxylation sites is 2. The number of benzene rings is 1. The fourth-order valence-electron chi connectivity index (χ4n) is 2.44. The SMILES string of the molecule is CC(C)c1ncc(S(=O)(=O)N2C[C@@H](C)Oc3ccccc32)[nH]1. The molecule has 0 amide bonds. The Bertz CT molecular complexity index is 783. The maximum absolute atomic E-state index is 12.9. The minimum absolute atomic E-state index is 0.111. The third-order valence-electron chi connectivity index (χ3n) is 3.57. The summed E-state index contributed by atoms with van der Waals surface area (Å²) in [6.07, 6.45) is 1.17. The Balaban J connectivity index is 2.05. The highest BCUT2D eigenvalue weighted by Crippen LogP contribution is 2.36. The molecular weight excluding hydrogens is 302 g/mol. The average molecular weight is 321 g/mol. The lowest BCUT2D eigenvalue weighted by Gasteiger charge is -2.33. The lowest BCUT2D eigenvalue weighted by molar-refractivity contribution is 0.219. The Labute approximate surface area is 130 Å². The van der Waals surface area contributed by atoms with Crippen LogP contribution in [0.1, 0.15) is 32.5 Å². The normalized spacial score (nSPS) is 18.2. The van der Waals surface area contributed by atoms with Gasteiger partial charge in [0.05, 0.1) is 18.4 Å². The average Bonchev–Trinajstić information content (AvgIpc) is 2.97. The summed E-state index contributed by atoms with van der Waals surface area (Å²) in [6, 6.07) is 7.15. The first-order chi connectivity index (χ1) is 10.4. The van der Waals surface area contributed by atoms with Crippen molar-refractivity contribution in [3.63, 3.8) is 0 Å². The van der Waals surface area contributed by atoms with Crippen molar-refractivity contribution in [2.24, 2.45) is 0 Å². The van der Waals surface area contributed by atoms with Crippen LogP contribution in [0.3, 0.4) is 0 Å². The molecule has 0 fully saturated rings. The van der Waals surface area contributed by atoms with Crippen molar-refractivity contribution < 1.29 is 13.2 Å². The summed E-state index contributed by atoms with van der Waals surface area (Å²) in [5.41, 5.74) is 0.557. The molecule has 0 spiro atoms. The second-order valence-corrected chi connectivity index (χ2v) is 7.55. The van der Waals surface area contributed by atoms with Gasteiger partial charge in [0.1, 0.15) is 17.7 Å². The maximum Gasteiger partial charge on any atom is 0.281 e. The molecule has 1 aliphatic rings. The Morgan fingerprint density at radius 1 is 1.36 bits per heavy atom. The summed E-state index contributed by atoms with van der Waals surface area (Å²) >= 11 is 0. The minimum atomic E-state index is -3.69. The number of sulfonamides is 1. The van der Waals surface area contributed by atoms with Crippen LogP contribution < -0.4 is 9.04 Å². The van der Waals surface area contributed by atoms with Crippen molar-refractivity contribution >= 4 is 15.7 Å². The van der Waals surface area contributed by atoms with E-state index >= 15 is 0 Å². The number of rotatable bonds is 3. The predicted octanol–water partition coefficient (Wildman–Crippen LogP) is 2.51. The smallest absolute Gasteiger partial charge is 0.281 e. The van der Waals surface area contributed by atoms with E-state index in [1.54, 1.807) is 18.2 Å². The third-order valence-corrected chi connectivity index (χ3v) is 5.26. The number of H-pyrrole nitrogens is 1. The lowest BCUT2D eigenvalue weighted by atomic mass is 10.2. The fraction of sp³-hybridized carbons (Fsp3) is 0.400. The number of imidazole rings is 1. The van der Waals surface area contributed by atoms with E-state index < -0.39 is 10.0 Å². The van der Waals surface area contributed by atoms with E-state index in [9.17, 15) is 8.42 Å². The summed E-state index contributed by atoms with van der Waals surface area (Å²) in [5, 5.41) is 0.111. The van der Waals surface area contributed by atoms with Crippen molar-refractivity contribution in [2.45, 2.75) is 37.8 Å². The number of aromatic nitrogens is 2. The zero-order valence-electron chi connectivity index (χ0n) is 12.8. The Morgan fingerprint density at radius 3 is 2.77 bits per heavy atom. The highest BCUT2D eigenvalue weighted by Gasteiger charge is 2.34. The number of hydrogen-bond donors (Lipinski definition) is 1. The van der Waals surface area contributed by atoms with Crippen molar-refractivity contribution in [3.8, 4) is 5.75 Å². The molecule has 0 radical (unpaired) electrons. The number of anilines is 1. The molecule has 3 rings (SSSR count). The zero-order chi connectivity index (χ0) is 15.9. The van der Waals surface area contributed by atoms with Crippen LogP contribution in [-0.2, 0) is 10.0 Å². The molecule has 0 aliphatic carbocycles. The van der Waals surface area contributed by atoms with E-state index in [2.05, 4.69) is 9.97 Å². The van der Waals surface area contributed by atoms with Gasteiger partial charge < -0.3 is 9.72 Å². The third kappa shape index (κ3) is 2.45. The second-order valence-electron chi connectivity index (χ2n) is 5.72. The molecule has 118 valence electrons. The van der Waals surface area contributed by atoms with Gasteiger partial charge in [0, 0.05) is 5.92 Å². The Hall–Kier alpha value is -2.02. The zero-order valence-corrected chi connectivity index (χ0v) is 13.6. The van der Waals surface area contributed by atoms with Gasteiger partial charge in [0.25, 0.3) is 10.0 Å². The first-order valence-electron chi connectivity index (χ1n) is 7.23. The first-order valence-corrected chi connectivity index (χ1v) is 8.67. The summed E-state index contributed by atoms with van der Waals surface area (Å²) in [4.78, 5) is 7.07. The molecule has 1 atom stereocenters. The number of nitrogens with zero attached hydrogens (tertiary/aromatic N) is 2. The number of ether oxygens (including phenoxy) is 1. The molecule has 2 heterocycles. The van der Waals surface area contributed by atoms with E-state index in [0.29, 0.717) is 17.3 Å². The standard InChI is InChI=1S/C15H19N3O3S/c1-10(2)15-16-8-14(17-15)22(19,20)18-9-11(3)21-13-7-5-4-6-12(13)18/h4-8,10-11H,9H2,1-3H3,(H,16,17)/t11-/m1/s1. The summed E-state index contributed by atoms with van der Waals surface area (Å²) < 4.78 is 32.9. The topological polar surface area (TPSA) is 75.3 Å². The van der Waals surface area contributed by atoms with Gasteiger partial charge in [-0.1, -0.05) is 26.0 Å². The second kappa shape index (κ2) is 5.31. The van der Waals surface area contributed by atoms with Gasteiger partial charge in [0.2, 0.25) is 0 Å². The molecular formula is C15H19N3O3S. The van der Waals surface area contributed by atoms with Crippen LogP contribution in [0.2, 0.25) is 0 Å². The predicted molar refractivity (Wildman–Crippen MR) is 83.7 cm³/mol. The van der Waals surface area contributed by atoms with E-state index in [4.69, 9.17) is 4.74 Å². The van der Waals surface area contributed by atoms with Crippen molar-refractivity contribution in [2.75, 3.05) is 10.8 Å². The van der Waals surface area contributed by atoms with Crippen LogP contribution >= 0.6 is 0 Å². The molecule has 0 unspecified atom stereocenters. The van der Waals surface area contributed by atoms with Crippen LogP contribution in [0.4, 0.5) is 5.69 Å². The molecule has 0 bridgehead atoms. The van der Waals surface area contributed by atoms with E-state index in [-0.39, 0.29) is 23.6 Å². The number of nitrogens with one attached hydrogen (secondary N) is 1. The summed E-state index contributed by atoms with van der Waals surface area (Å²) in [6.45, 7) is 6.04. The molecule has 7 heteroatoms. The maximum atomic E-state index is 12.9. The van der Waals surface area contributed by atoms with Gasteiger partial charge in [-0.05, 0) is 19.1 Å². The molecule has 6 nitrogen and oxygen atoms in total. The molecule has 1 aromatic carbocycles. The monoisotopic (exact) mass is 321 g/mol. The number of aromatic amines is 1. The molecule has 0 saturated heterocycles. The lowest BCUT2D eigenvalue weighted by Crippen LogP contribution is -2.42. The van der Waals surface area contributed by atoms with E-state index in [1.165, 1.54) is 10.5 Å². The molecule has 22 heavy (non-hydrogen) atoms. The van der Waals surface area contributed by atoms with E-state index in [0.717, 1.165) is 0 Å². The first kappa shape index (κ1) is 14.9. The molecule has 1 aliphatic heterocycles. The van der Waals surface area contributed by atoms with Gasteiger partial charge in [-0.25, -0.2) is 4.98 Å². The molecule has 1 aromatic heterocycles. The van der Waals surface area contributed by atoms with Crippen LogP contribution in [0.15, 0.2) is 35.5 Å². The summed E-state index contributed by atoms with van der Waals surface area (Å²) in [7, 11) is -3.69. The van der Waals surface area contributed by atoms with Crippen LogP contribution in [0, 0.1) is 0 Å². The van der Waals surface area contributed by atoms with Gasteiger partial charge in [-0.2, -0.15) is 8.42 Å². The molecule has 1 N–H and O–H groups in total. The Kier molecular flexibility index (Phi) is 3.60. The van der Waals surface area contributed by atoms with Gasteiger partial charge in [0.15, 0.2) is 5.03 Å². The van der Waals surface area contributed by atoms with Crippen molar-refractivity contribution in [1.82, 2.24) is 9.97 Å². The van der Waals surface area contributed by atoms with Crippen molar-refractivity contribution in [1.29, 1.82) is 0 Å². The van der Waals surface area contributed by atoms with Crippen LogP contribution in [0.5, 0.6) is 5.75 Å². The van der Waals surface area contributed by atoms with Crippen LogP contribution in [-0.4, -0.2) is 31.0 Å². The summed E-state index contributed by atoms with van der Waals surface area (Å²) in [5.74, 6) is 1.38. The van der Waals surface area contributed by atoms with Gasteiger partial charge >= 0.3 is 0 Å². The largest absolute Gasteiger partial charge is 0.487 e. The number of fused-ring (bicyclic) bond motifs is 1. The van der Waals surface area contributed by atoms with E-state index in [1.807, 2.05) is 26.8 Å². The quantitative estimate of drug-likeness (QED) is 0.942. The Morgan fingerprint density at radius 2 is 2.09 bits per heavy atom. The minimum Gasteiger partial charge on any atom is -0.487 e. The molecule has 2 aromatic rings. The highest BCUT2D eigenvalue weighted by atomic mass is 32.2. The number of hydrogen-bond acceptors (Lipinski definition) is 4. The molecule has 0 saturated carbocycles.